The summed E-state index contributed by atoms with van der Waals surface area (Å²) < 4.78 is 0. The standard InChI is InChI=1S/C10H24N2O/c1-8(2)5-6-12(4)10(7-13)9(3)11/h8-10,13H,5-7,11H2,1-4H3. The summed E-state index contributed by atoms with van der Waals surface area (Å²) in [5.41, 5.74) is 5.75. The number of hydrogen-bond donors (Lipinski definition) is 2. The maximum absolute atomic E-state index is 9.11. The van der Waals surface area contributed by atoms with Gasteiger partial charge in [0, 0.05) is 12.1 Å². The van der Waals surface area contributed by atoms with E-state index in [0.717, 1.165) is 13.0 Å². The zero-order chi connectivity index (χ0) is 10.4. The van der Waals surface area contributed by atoms with E-state index in [4.69, 9.17) is 10.8 Å². The molecule has 2 atom stereocenters. The van der Waals surface area contributed by atoms with Crippen molar-refractivity contribution >= 4 is 0 Å². The van der Waals surface area contributed by atoms with Gasteiger partial charge >= 0.3 is 0 Å². The van der Waals surface area contributed by atoms with Crippen molar-refractivity contribution in [3.05, 3.63) is 0 Å². The summed E-state index contributed by atoms with van der Waals surface area (Å²) in [7, 11) is 2.02. The molecule has 13 heavy (non-hydrogen) atoms. The third kappa shape index (κ3) is 5.24. The highest BCUT2D eigenvalue weighted by molar-refractivity contribution is 4.76. The lowest BCUT2D eigenvalue weighted by Crippen LogP contribution is -2.47. The fourth-order valence-corrected chi connectivity index (χ4v) is 1.33. The summed E-state index contributed by atoms with van der Waals surface area (Å²) in [5, 5.41) is 9.11. The molecular weight excluding hydrogens is 164 g/mol. The predicted octanol–water partition coefficient (Wildman–Crippen LogP) is 0.672. The molecule has 0 fully saturated rings. The van der Waals surface area contributed by atoms with Crippen molar-refractivity contribution in [1.29, 1.82) is 0 Å². The molecule has 0 aromatic rings. The molecule has 0 radical (unpaired) electrons. The quantitative estimate of drug-likeness (QED) is 0.644. The van der Waals surface area contributed by atoms with Gasteiger partial charge in [0.2, 0.25) is 0 Å². The van der Waals surface area contributed by atoms with Crippen LogP contribution < -0.4 is 5.73 Å². The highest BCUT2D eigenvalue weighted by Crippen LogP contribution is 2.05. The highest BCUT2D eigenvalue weighted by atomic mass is 16.3. The van der Waals surface area contributed by atoms with Crippen LogP contribution >= 0.6 is 0 Å². The summed E-state index contributed by atoms with van der Waals surface area (Å²) in [5.74, 6) is 0.704. The van der Waals surface area contributed by atoms with E-state index >= 15 is 0 Å². The van der Waals surface area contributed by atoms with Gasteiger partial charge in [0.25, 0.3) is 0 Å². The SMILES string of the molecule is CC(C)CCN(C)C(CO)C(C)N. The van der Waals surface area contributed by atoms with E-state index in [2.05, 4.69) is 18.7 Å². The molecule has 0 saturated carbocycles. The zero-order valence-corrected chi connectivity index (χ0v) is 9.33. The first-order valence-electron chi connectivity index (χ1n) is 5.05. The Balaban J connectivity index is 3.84. The third-order valence-electron chi connectivity index (χ3n) is 2.42. The van der Waals surface area contributed by atoms with Crippen LogP contribution in [0.4, 0.5) is 0 Å². The molecule has 3 heteroatoms. The molecule has 0 amide bonds. The van der Waals surface area contributed by atoms with Crippen molar-refractivity contribution in [2.75, 3.05) is 20.2 Å². The zero-order valence-electron chi connectivity index (χ0n) is 9.33. The lowest BCUT2D eigenvalue weighted by atomic mass is 10.1. The molecule has 80 valence electrons. The molecule has 0 rings (SSSR count). The largest absolute Gasteiger partial charge is 0.395 e. The van der Waals surface area contributed by atoms with Gasteiger partial charge in [-0.15, -0.1) is 0 Å². The second kappa shape index (κ2) is 6.35. The lowest BCUT2D eigenvalue weighted by Gasteiger charge is -2.29. The molecule has 3 nitrogen and oxygen atoms in total. The van der Waals surface area contributed by atoms with E-state index in [9.17, 15) is 0 Å². The minimum Gasteiger partial charge on any atom is -0.395 e. The van der Waals surface area contributed by atoms with Gasteiger partial charge in [0.15, 0.2) is 0 Å². The molecule has 0 aromatic heterocycles. The second-order valence-corrected chi connectivity index (χ2v) is 4.27. The van der Waals surface area contributed by atoms with Crippen LogP contribution in [-0.4, -0.2) is 42.3 Å². The van der Waals surface area contributed by atoms with Gasteiger partial charge in [0.1, 0.15) is 0 Å². The van der Waals surface area contributed by atoms with Crippen LogP contribution in [-0.2, 0) is 0 Å². The first-order chi connectivity index (χ1) is 5.99. The van der Waals surface area contributed by atoms with E-state index in [1.54, 1.807) is 0 Å². The maximum Gasteiger partial charge on any atom is 0.0601 e. The second-order valence-electron chi connectivity index (χ2n) is 4.27. The van der Waals surface area contributed by atoms with Crippen LogP contribution in [0.1, 0.15) is 27.2 Å². The van der Waals surface area contributed by atoms with Crippen LogP contribution in [0.3, 0.4) is 0 Å². The molecule has 0 heterocycles. The van der Waals surface area contributed by atoms with Crippen LogP contribution in [0, 0.1) is 5.92 Å². The average Bonchev–Trinajstić information content (AvgIpc) is 2.01. The van der Waals surface area contributed by atoms with Crippen LogP contribution in [0.5, 0.6) is 0 Å². The van der Waals surface area contributed by atoms with Gasteiger partial charge in [-0.3, -0.25) is 4.90 Å². The van der Waals surface area contributed by atoms with Crippen molar-refractivity contribution in [1.82, 2.24) is 4.90 Å². The first-order valence-corrected chi connectivity index (χ1v) is 5.05. The van der Waals surface area contributed by atoms with Crippen molar-refractivity contribution in [2.45, 2.75) is 39.3 Å². The molecule has 0 spiro atoms. The van der Waals surface area contributed by atoms with Crippen molar-refractivity contribution in [3.8, 4) is 0 Å². The Hall–Kier alpha value is -0.120. The predicted molar refractivity (Wildman–Crippen MR) is 56.6 cm³/mol. The minimum atomic E-state index is 0.0298. The Labute approximate surface area is 81.9 Å². The molecule has 2 unspecified atom stereocenters. The molecule has 3 N–H and O–H groups in total. The van der Waals surface area contributed by atoms with E-state index in [1.165, 1.54) is 0 Å². The Morgan fingerprint density at radius 3 is 2.15 bits per heavy atom. The number of likely N-dealkylation sites (N-methyl/N-ethyl adjacent to an activating group) is 1. The normalized spacial score (nSPS) is 16.6. The molecule has 0 aliphatic rings. The molecule has 0 aliphatic carbocycles. The first kappa shape index (κ1) is 12.9. The van der Waals surface area contributed by atoms with E-state index < -0.39 is 0 Å². The van der Waals surface area contributed by atoms with E-state index in [1.807, 2.05) is 14.0 Å². The number of hydrogen-bond acceptors (Lipinski definition) is 3. The number of nitrogens with two attached hydrogens (primary N) is 1. The molecule has 0 saturated heterocycles. The van der Waals surface area contributed by atoms with E-state index in [-0.39, 0.29) is 18.7 Å². The van der Waals surface area contributed by atoms with Gasteiger partial charge in [-0.25, -0.2) is 0 Å². The minimum absolute atomic E-state index is 0.0298. The van der Waals surface area contributed by atoms with Gasteiger partial charge in [-0.05, 0) is 32.9 Å². The van der Waals surface area contributed by atoms with Gasteiger partial charge in [-0.1, -0.05) is 13.8 Å². The molecular formula is C10H24N2O. The smallest absolute Gasteiger partial charge is 0.0601 e. The fraction of sp³-hybridized carbons (Fsp3) is 1.00. The average molecular weight is 188 g/mol. The van der Waals surface area contributed by atoms with Crippen LogP contribution in [0.25, 0.3) is 0 Å². The molecule has 0 bridgehead atoms. The molecule has 0 aromatic carbocycles. The topological polar surface area (TPSA) is 49.5 Å². The summed E-state index contributed by atoms with van der Waals surface area (Å²) in [6.45, 7) is 7.49. The van der Waals surface area contributed by atoms with Gasteiger partial charge in [-0.2, -0.15) is 0 Å². The third-order valence-corrected chi connectivity index (χ3v) is 2.42. The van der Waals surface area contributed by atoms with Gasteiger partial charge in [0.05, 0.1) is 6.61 Å². The number of aliphatic hydroxyl groups is 1. The number of nitrogens with zero attached hydrogens (tertiary/aromatic N) is 1. The Bertz CT molecular complexity index is 126. The number of aliphatic hydroxyl groups excluding tert-OH is 1. The summed E-state index contributed by atoms with van der Waals surface area (Å²) in [6, 6.07) is 0.126. The Kier molecular flexibility index (Phi) is 6.29. The lowest BCUT2D eigenvalue weighted by molar-refractivity contribution is 0.126. The molecule has 0 aliphatic heterocycles. The van der Waals surface area contributed by atoms with E-state index in [0.29, 0.717) is 5.92 Å². The fourth-order valence-electron chi connectivity index (χ4n) is 1.33. The number of rotatable bonds is 6. The van der Waals surface area contributed by atoms with Crippen molar-refractivity contribution in [2.24, 2.45) is 11.7 Å². The monoisotopic (exact) mass is 188 g/mol. The van der Waals surface area contributed by atoms with Crippen molar-refractivity contribution < 1.29 is 5.11 Å². The summed E-state index contributed by atoms with van der Waals surface area (Å²) in [6.07, 6.45) is 1.15. The summed E-state index contributed by atoms with van der Waals surface area (Å²) >= 11 is 0. The Morgan fingerprint density at radius 1 is 1.31 bits per heavy atom. The van der Waals surface area contributed by atoms with Crippen LogP contribution in [0.15, 0.2) is 0 Å². The summed E-state index contributed by atoms with van der Waals surface area (Å²) in [4.78, 5) is 2.14. The Morgan fingerprint density at radius 2 is 1.85 bits per heavy atom. The van der Waals surface area contributed by atoms with Crippen molar-refractivity contribution in [3.63, 3.8) is 0 Å². The van der Waals surface area contributed by atoms with Crippen LogP contribution in [0.2, 0.25) is 0 Å². The van der Waals surface area contributed by atoms with Gasteiger partial charge < -0.3 is 10.8 Å². The highest BCUT2D eigenvalue weighted by Gasteiger charge is 2.17. The maximum atomic E-state index is 9.11.